The van der Waals surface area contributed by atoms with E-state index >= 15 is 0 Å². The Morgan fingerprint density at radius 3 is 1.60 bits per heavy atom. The van der Waals surface area contributed by atoms with Gasteiger partial charge in [0.25, 0.3) is 0 Å². The van der Waals surface area contributed by atoms with Gasteiger partial charge in [-0.25, -0.2) is 0 Å². The minimum absolute atomic E-state index is 0. The van der Waals surface area contributed by atoms with Gasteiger partial charge in [0.2, 0.25) is 0 Å². The zero-order chi connectivity index (χ0) is 14.8. The molecule has 1 aliphatic rings. The molecule has 1 aromatic rings. The number of hydrogen-bond acceptors (Lipinski definition) is 1. The van der Waals surface area contributed by atoms with Crippen LogP contribution in [0.5, 0.6) is 0 Å². The van der Waals surface area contributed by atoms with Crippen LogP contribution in [-0.4, -0.2) is 6.29 Å². The molecule has 0 unspecified atom stereocenters. The maximum Gasteiger partial charge on any atom is 2.00 e. The molecule has 0 aliphatic heterocycles. The molecule has 0 heterocycles. The molecule has 0 atom stereocenters. The molecule has 3 nitrogen and oxygen atoms in total. The van der Waals surface area contributed by atoms with Gasteiger partial charge in [-0.15, -0.1) is 42.0 Å². The first kappa shape index (κ1) is 23.7. The molecule has 0 amide bonds. The van der Waals surface area contributed by atoms with Crippen molar-refractivity contribution in [3.05, 3.63) is 93.5 Å². The summed E-state index contributed by atoms with van der Waals surface area (Å²) in [7, 11) is 0. The summed E-state index contributed by atoms with van der Waals surface area (Å²) in [6.45, 7) is 9.00. The molecule has 1 aromatic carbocycles. The predicted molar refractivity (Wildman–Crippen MR) is 68.8 cm³/mol. The van der Waals surface area contributed by atoms with Crippen molar-refractivity contribution < 1.29 is 31.2 Å². The number of rotatable bonds is 2. The van der Waals surface area contributed by atoms with Gasteiger partial charge in [-0.05, 0) is 32.1 Å². The van der Waals surface area contributed by atoms with Crippen molar-refractivity contribution in [3.8, 4) is 0 Å². The fraction of sp³-hybridized carbons (Fsp3) is 0. The zero-order valence-electron chi connectivity index (χ0n) is 10.5. The molecule has 0 bridgehead atoms. The summed E-state index contributed by atoms with van der Waals surface area (Å²) in [4.78, 5) is 9.86. The molecule has 101 valence electrons. The molecule has 0 N–H and O–H groups in total. The molecule has 4 heteroatoms. The maximum absolute atomic E-state index is 9.86. The average Bonchev–Trinajstić information content (AvgIpc) is 3.10. The summed E-state index contributed by atoms with van der Waals surface area (Å²) in [5.74, 6) is 0. The van der Waals surface area contributed by atoms with Crippen LogP contribution in [0.4, 0.5) is 0 Å². The van der Waals surface area contributed by atoms with Gasteiger partial charge >= 0.3 is 39.7 Å². The first-order valence-corrected chi connectivity index (χ1v) is 5.09. The van der Waals surface area contributed by atoms with Gasteiger partial charge in [0.1, 0.15) is 0 Å². The van der Waals surface area contributed by atoms with Crippen molar-refractivity contribution in [2.75, 3.05) is 0 Å². The third kappa shape index (κ3) is 16.6. The summed E-state index contributed by atoms with van der Waals surface area (Å²) in [6, 6.07) is 9.51. The topological polar surface area (TPSA) is 56.9 Å². The van der Waals surface area contributed by atoms with Gasteiger partial charge in [-0.2, -0.15) is 0 Å². The summed E-state index contributed by atoms with van der Waals surface area (Å²) in [5, 5.41) is 0. The van der Waals surface area contributed by atoms with Crippen LogP contribution < -0.4 is 0 Å². The molecule has 1 fully saturated rings. The van der Waals surface area contributed by atoms with Gasteiger partial charge in [0.05, 0.1) is 6.29 Å². The molecular weight excluding hydrogens is 296 g/mol. The van der Waals surface area contributed by atoms with Crippen LogP contribution in [0.3, 0.4) is 0 Å². The fourth-order valence-electron chi connectivity index (χ4n) is 0.985. The van der Waals surface area contributed by atoms with Gasteiger partial charge in [0.15, 0.2) is 0 Å². The van der Waals surface area contributed by atoms with E-state index < -0.39 is 0 Å². The quantitative estimate of drug-likeness (QED) is 0.272. The van der Waals surface area contributed by atoms with E-state index in [1.807, 2.05) is 62.4 Å². The third-order valence-corrected chi connectivity index (χ3v) is 1.65. The molecule has 1 aliphatic carbocycles. The van der Waals surface area contributed by atoms with Crippen LogP contribution in [0.15, 0.2) is 36.4 Å². The van der Waals surface area contributed by atoms with E-state index in [1.54, 1.807) is 0 Å². The van der Waals surface area contributed by atoms with E-state index in [2.05, 4.69) is 19.4 Å². The van der Waals surface area contributed by atoms with Gasteiger partial charge in [0, 0.05) is 0 Å². The summed E-state index contributed by atoms with van der Waals surface area (Å²) in [5.41, 5.74) is 0.926. The van der Waals surface area contributed by atoms with Crippen LogP contribution in [0, 0.1) is 51.5 Å². The number of hydrogen-bond donors (Lipinski definition) is 0. The van der Waals surface area contributed by atoms with Gasteiger partial charge in [-0.3, -0.25) is 0 Å². The minimum atomic E-state index is 0. The van der Waals surface area contributed by atoms with Crippen molar-refractivity contribution in [2.45, 2.75) is 0 Å². The van der Waals surface area contributed by atoms with Crippen molar-refractivity contribution >= 4 is 6.29 Å². The second-order valence-corrected chi connectivity index (χ2v) is 2.78. The second kappa shape index (κ2) is 22.8. The standard InChI is InChI=1S/C9H7O.C5H5.2CO.Fe/c10-8-4-7-9-5-2-1-3-6-9;1-2-4-5-3-1;2*1-2;/h1-6,8H;1-5H;;;/q-1;;;;+2. The van der Waals surface area contributed by atoms with Crippen molar-refractivity contribution in [1.29, 1.82) is 0 Å². The van der Waals surface area contributed by atoms with E-state index in [1.165, 1.54) is 6.08 Å². The van der Waals surface area contributed by atoms with Crippen molar-refractivity contribution in [2.24, 2.45) is 0 Å². The Hall–Kier alpha value is -1.37. The van der Waals surface area contributed by atoms with Crippen LogP contribution in [-0.2, 0) is 31.2 Å². The first-order valence-electron chi connectivity index (χ1n) is 5.09. The summed E-state index contributed by atoms with van der Waals surface area (Å²) >= 11 is 0. The van der Waals surface area contributed by atoms with Crippen molar-refractivity contribution in [3.63, 3.8) is 0 Å². The van der Waals surface area contributed by atoms with Gasteiger partial charge in [-0.1, -0.05) is 6.07 Å². The van der Waals surface area contributed by atoms with E-state index in [9.17, 15) is 4.79 Å². The second-order valence-electron chi connectivity index (χ2n) is 2.78. The van der Waals surface area contributed by atoms with Crippen LogP contribution >= 0.6 is 0 Å². The van der Waals surface area contributed by atoms with Crippen LogP contribution in [0.2, 0.25) is 0 Å². The molecule has 20 heavy (non-hydrogen) atoms. The molecule has 0 aromatic heterocycles. The van der Waals surface area contributed by atoms with Crippen LogP contribution in [0.25, 0.3) is 0 Å². The minimum Gasteiger partial charge on any atom is -0.0312 e. The molecule has 2 rings (SSSR count). The Morgan fingerprint density at radius 1 is 0.850 bits per heavy atom. The SMILES string of the molecule is O=CC=[C-]c1ccccc1.[C-]#[O+].[C-]#[O+].[CH]1[CH][CH][CH][CH]1.[Fe+2]. The number of carbonyl (C=O) groups is 1. The monoisotopic (exact) mass is 308 g/mol. The predicted octanol–water partition coefficient (Wildman–Crippen LogP) is 2.54. The molecule has 0 spiro atoms. The Bertz CT molecular complexity index is 351. The fourth-order valence-corrected chi connectivity index (χ4v) is 0.985. The Kier molecular flexibility index (Phi) is 27.0. The molecular formula is C16H12FeO3+. The maximum atomic E-state index is 9.86. The number of aldehydes is 1. The smallest absolute Gasteiger partial charge is 0.0312 e. The van der Waals surface area contributed by atoms with Gasteiger partial charge < -0.3 is 4.79 Å². The number of carbonyl (C=O) groups excluding carboxylic acids is 1. The number of benzene rings is 1. The number of allylic oxidation sites excluding steroid dienone is 1. The first-order chi connectivity index (χ1) is 9.43. The molecule has 0 saturated heterocycles. The average molecular weight is 308 g/mol. The van der Waals surface area contributed by atoms with E-state index in [-0.39, 0.29) is 17.1 Å². The summed E-state index contributed by atoms with van der Waals surface area (Å²) in [6.07, 6.45) is 14.9. The Labute approximate surface area is 131 Å². The normalized spacial score (nSPS) is 11.2. The van der Waals surface area contributed by atoms with Crippen molar-refractivity contribution in [1.82, 2.24) is 0 Å². The Balaban J connectivity index is -0.000000246. The van der Waals surface area contributed by atoms with Crippen LogP contribution in [0.1, 0.15) is 5.56 Å². The van der Waals surface area contributed by atoms with E-state index in [0.29, 0.717) is 6.29 Å². The summed E-state index contributed by atoms with van der Waals surface area (Å²) < 4.78 is 15.0. The largest absolute Gasteiger partial charge is 2.00 e. The Morgan fingerprint density at radius 2 is 1.25 bits per heavy atom. The third-order valence-electron chi connectivity index (χ3n) is 1.65. The molecule has 5 radical (unpaired) electrons. The zero-order valence-corrected chi connectivity index (χ0v) is 11.6. The van der Waals surface area contributed by atoms with E-state index in [4.69, 9.17) is 9.30 Å². The van der Waals surface area contributed by atoms with E-state index in [0.717, 1.165) is 5.56 Å². The molecule has 1 saturated carbocycles.